The van der Waals surface area contributed by atoms with Gasteiger partial charge in [0, 0.05) is 6.54 Å². The molecule has 0 aromatic carbocycles. The zero-order valence-corrected chi connectivity index (χ0v) is 12.7. The van der Waals surface area contributed by atoms with Crippen LogP contribution in [-0.2, 0) is 9.59 Å². The lowest BCUT2D eigenvalue weighted by Crippen LogP contribution is -2.64. The molecule has 2 atom stereocenters. The number of carbonyl (C=O) groups is 2. The molecule has 4 nitrogen and oxygen atoms in total. The minimum Gasteiger partial charge on any atom is -0.342 e. The van der Waals surface area contributed by atoms with Crippen LogP contribution in [-0.4, -0.2) is 35.3 Å². The van der Waals surface area contributed by atoms with Crippen molar-refractivity contribution in [2.75, 3.05) is 6.54 Å². The number of nitrogens with one attached hydrogen (secondary N) is 1. The van der Waals surface area contributed by atoms with Gasteiger partial charge in [-0.1, -0.05) is 47.0 Å². The van der Waals surface area contributed by atoms with Crippen molar-refractivity contribution in [3.63, 3.8) is 0 Å². The molecule has 1 aliphatic rings. The van der Waals surface area contributed by atoms with Crippen LogP contribution in [0.3, 0.4) is 0 Å². The summed E-state index contributed by atoms with van der Waals surface area (Å²) < 4.78 is 0. The first-order valence-electron chi connectivity index (χ1n) is 7.63. The van der Waals surface area contributed by atoms with Gasteiger partial charge in [-0.25, -0.2) is 0 Å². The van der Waals surface area contributed by atoms with Crippen LogP contribution in [0.15, 0.2) is 0 Å². The molecule has 4 heteroatoms. The summed E-state index contributed by atoms with van der Waals surface area (Å²) in [5.41, 5.74) is 0. The number of hydrogen-bond acceptors (Lipinski definition) is 2. The van der Waals surface area contributed by atoms with E-state index in [0.29, 0.717) is 13.0 Å². The van der Waals surface area contributed by atoms with Gasteiger partial charge in [0.1, 0.15) is 12.1 Å². The maximum absolute atomic E-state index is 12.5. The molecule has 0 aromatic rings. The van der Waals surface area contributed by atoms with Gasteiger partial charge in [-0.3, -0.25) is 9.59 Å². The van der Waals surface area contributed by atoms with Crippen LogP contribution in [0.5, 0.6) is 0 Å². The molecule has 0 radical (unpaired) electrons. The van der Waals surface area contributed by atoms with E-state index in [1.54, 1.807) is 4.90 Å². The molecule has 2 amide bonds. The Labute approximate surface area is 116 Å². The fourth-order valence-electron chi connectivity index (χ4n) is 2.62. The van der Waals surface area contributed by atoms with Crippen molar-refractivity contribution in [1.29, 1.82) is 0 Å². The van der Waals surface area contributed by atoms with Gasteiger partial charge in [0.2, 0.25) is 11.8 Å². The topological polar surface area (TPSA) is 49.4 Å². The van der Waals surface area contributed by atoms with E-state index < -0.39 is 0 Å². The number of rotatable bonds is 7. The third-order valence-corrected chi connectivity index (χ3v) is 3.83. The number of hydrogen-bond donors (Lipinski definition) is 1. The number of piperazine rings is 1. The summed E-state index contributed by atoms with van der Waals surface area (Å²) in [6, 6.07) is -0.620. The van der Waals surface area contributed by atoms with Crippen molar-refractivity contribution in [3.05, 3.63) is 0 Å². The van der Waals surface area contributed by atoms with Gasteiger partial charge < -0.3 is 10.2 Å². The Morgan fingerprint density at radius 1 is 1.16 bits per heavy atom. The Kier molecular flexibility index (Phi) is 6.32. The quantitative estimate of drug-likeness (QED) is 0.720. The van der Waals surface area contributed by atoms with Crippen LogP contribution < -0.4 is 5.32 Å². The Bertz CT molecular complexity index is 315. The summed E-state index contributed by atoms with van der Waals surface area (Å²) in [4.78, 5) is 26.3. The average molecular weight is 268 g/mol. The van der Waals surface area contributed by atoms with Gasteiger partial charge in [0.15, 0.2) is 0 Å². The fourth-order valence-corrected chi connectivity index (χ4v) is 2.62. The van der Waals surface area contributed by atoms with E-state index in [4.69, 9.17) is 0 Å². The van der Waals surface area contributed by atoms with E-state index in [1.165, 1.54) is 12.8 Å². The van der Waals surface area contributed by atoms with E-state index in [0.717, 1.165) is 12.8 Å². The standard InChI is InChI=1S/C15H28N2O2/c1-5-7-8-9-10-17-12(6-2)14(18)16-13(11(3)4)15(17)19/h11-13H,5-10H2,1-4H3,(H,16,18). The fraction of sp³-hybridized carbons (Fsp3) is 0.867. The molecule has 1 saturated heterocycles. The summed E-state index contributed by atoms with van der Waals surface area (Å²) >= 11 is 0. The molecule has 19 heavy (non-hydrogen) atoms. The van der Waals surface area contributed by atoms with Crippen LogP contribution in [0.25, 0.3) is 0 Å². The van der Waals surface area contributed by atoms with Crippen molar-refractivity contribution >= 4 is 11.8 Å². The van der Waals surface area contributed by atoms with E-state index in [1.807, 2.05) is 20.8 Å². The molecule has 1 N–H and O–H groups in total. The summed E-state index contributed by atoms with van der Waals surface area (Å²) in [6.45, 7) is 8.80. The minimum atomic E-state index is -0.346. The maximum atomic E-state index is 12.5. The Morgan fingerprint density at radius 2 is 1.84 bits per heavy atom. The molecule has 0 bridgehead atoms. The molecule has 1 rings (SSSR count). The van der Waals surface area contributed by atoms with Gasteiger partial charge in [-0.2, -0.15) is 0 Å². The monoisotopic (exact) mass is 268 g/mol. The molecule has 2 unspecified atom stereocenters. The SMILES string of the molecule is CCCCCCN1C(=O)C(C(C)C)NC(=O)C1CC. The predicted molar refractivity (Wildman–Crippen MR) is 76.7 cm³/mol. The summed E-state index contributed by atoms with van der Waals surface area (Å²) in [7, 11) is 0. The zero-order chi connectivity index (χ0) is 14.4. The first-order chi connectivity index (χ1) is 9.02. The van der Waals surface area contributed by atoms with Gasteiger partial charge in [0.05, 0.1) is 0 Å². The van der Waals surface area contributed by atoms with Gasteiger partial charge in [-0.05, 0) is 18.8 Å². The second-order valence-electron chi connectivity index (χ2n) is 5.75. The molecular formula is C15H28N2O2. The molecule has 1 fully saturated rings. The van der Waals surface area contributed by atoms with Gasteiger partial charge in [0.25, 0.3) is 0 Å². The van der Waals surface area contributed by atoms with Crippen LogP contribution >= 0.6 is 0 Å². The molecule has 1 heterocycles. The lowest BCUT2D eigenvalue weighted by atomic mass is 9.96. The second-order valence-corrected chi connectivity index (χ2v) is 5.75. The smallest absolute Gasteiger partial charge is 0.246 e. The highest BCUT2D eigenvalue weighted by Gasteiger charge is 2.40. The van der Waals surface area contributed by atoms with E-state index >= 15 is 0 Å². The Hall–Kier alpha value is -1.06. The van der Waals surface area contributed by atoms with E-state index in [9.17, 15) is 9.59 Å². The van der Waals surface area contributed by atoms with Crippen LogP contribution in [0, 0.1) is 5.92 Å². The lowest BCUT2D eigenvalue weighted by Gasteiger charge is -2.40. The lowest BCUT2D eigenvalue weighted by molar-refractivity contribution is -0.150. The van der Waals surface area contributed by atoms with Crippen LogP contribution in [0.1, 0.15) is 59.8 Å². The highest BCUT2D eigenvalue weighted by Crippen LogP contribution is 2.18. The van der Waals surface area contributed by atoms with E-state index in [2.05, 4.69) is 12.2 Å². The van der Waals surface area contributed by atoms with Gasteiger partial charge in [-0.15, -0.1) is 0 Å². The largest absolute Gasteiger partial charge is 0.342 e. The Balaban J connectivity index is 2.69. The predicted octanol–water partition coefficient (Wildman–Crippen LogP) is 2.33. The van der Waals surface area contributed by atoms with Gasteiger partial charge >= 0.3 is 0 Å². The third kappa shape index (κ3) is 3.95. The van der Waals surface area contributed by atoms with Crippen molar-refractivity contribution in [2.24, 2.45) is 5.92 Å². The maximum Gasteiger partial charge on any atom is 0.246 e. The molecule has 1 aliphatic heterocycles. The Morgan fingerprint density at radius 3 is 2.37 bits per heavy atom. The highest BCUT2D eigenvalue weighted by atomic mass is 16.2. The summed E-state index contributed by atoms with van der Waals surface area (Å²) in [5, 5.41) is 2.87. The van der Waals surface area contributed by atoms with Crippen LogP contribution in [0.2, 0.25) is 0 Å². The average Bonchev–Trinajstić information content (AvgIpc) is 2.37. The number of amides is 2. The van der Waals surface area contributed by atoms with E-state index in [-0.39, 0.29) is 29.8 Å². The summed E-state index contributed by atoms with van der Waals surface area (Å²) in [5.74, 6) is 0.252. The molecule has 0 saturated carbocycles. The molecule has 0 aromatic heterocycles. The number of unbranched alkanes of at least 4 members (excludes halogenated alkanes) is 3. The van der Waals surface area contributed by atoms with Crippen molar-refractivity contribution in [3.8, 4) is 0 Å². The number of nitrogens with zero attached hydrogens (tertiary/aromatic N) is 1. The summed E-state index contributed by atoms with van der Waals surface area (Å²) in [6.07, 6.45) is 5.19. The van der Waals surface area contributed by atoms with Crippen molar-refractivity contribution in [2.45, 2.75) is 71.9 Å². The van der Waals surface area contributed by atoms with Crippen molar-refractivity contribution in [1.82, 2.24) is 10.2 Å². The first-order valence-corrected chi connectivity index (χ1v) is 7.63. The molecule has 0 aliphatic carbocycles. The normalized spacial score (nSPS) is 23.9. The highest BCUT2D eigenvalue weighted by molar-refractivity contribution is 5.97. The molecule has 0 spiro atoms. The zero-order valence-electron chi connectivity index (χ0n) is 12.7. The first kappa shape index (κ1) is 16.0. The van der Waals surface area contributed by atoms with Crippen LogP contribution in [0.4, 0.5) is 0 Å². The third-order valence-electron chi connectivity index (χ3n) is 3.83. The number of carbonyl (C=O) groups excluding carboxylic acids is 2. The minimum absolute atomic E-state index is 0.0105. The molecule has 110 valence electrons. The second kappa shape index (κ2) is 7.51. The molecular weight excluding hydrogens is 240 g/mol. The van der Waals surface area contributed by atoms with Crippen molar-refractivity contribution < 1.29 is 9.59 Å².